The van der Waals surface area contributed by atoms with Crippen LogP contribution in [-0.4, -0.2) is 18.4 Å². The molecule has 5 rings (SSSR count). The maximum absolute atomic E-state index is 11.5. The third-order valence-electron chi connectivity index (χ3n) is 8.96. The minimum Gasteiger partial charge on any atom is -0.406 e. The number of esters is 1. The van der Waals surface area contributed by atoms with Gasteiger partial charge in [0.05, 0.1) is 0 Å². The summed E-state index contributed by atoms with van der Waals surface area (Å²) in [5.41, 5.74) is 2.00. The number of hydrogen-bond acceptors (Lipinski definition) is 3. The highest BCUT2D eigenvalue weighted by atomic mass is 16.6. The third kappa shape index (κ3) is 2.16. The van der Waals surface area contributed by atoms with E-state index in [-0.39, 0.29) is 17.9 Å². The quantitative estimate of drug-likeness (QED) is 0.636. The van der Waals surface area contributed by atoms with Gasteiger partial charge in [0.1, 0.15) is 6.54 Å². The zero-order valence-corrected chi connectivity index (χ0v) is 15.7. The summed E-state index contributed by atoms with van der Waals surface area (Å²) in [7, 11) is 0. The molecule has 6 atom stereocenters. The molecule has 25 heavy (non-hydrogen) atoms. The topological polar surface area (TPSA) is 38.7 Å². The third-order valence-corrected chi connectivity index (χ3v) is 8.96. The van der Waals surface area contributed by atoms with Crippen molar-refractivity contribution in [3.05, 3.63) is 11.6 Å². The van der Waals surface area contributed by atoms with Crippen LogP contribution in [0.2, 0.25) is 0 Å². The van der Waals surface area contributed by atoms with Crippen LogP contribution >= 0.6 is 0 Å². The Kier molecular flexibility index (Phi) is 3.50. The van der Waals surface area contributed by atoms with E-state index in [0.717, 1.165) is 30.1 Å². The maximum atomic E-state index is 11.5. The number of hydrogen-bond donors (Lipinski definition) is 0. The van der Waals surface area contributed by atoms with Crippen molar-refractivity contribution in [3.8, 4) is 0 Å². The number of allylic oxidation sites excluding steroid dienone is 1. The summed E-state index contributed by atoms with van der Waals surface area (Å²) in [6.07, 6.45) is 14.8. The summed E-state index contributed by atoms with van der Waals surface area (Å²) >= 11 is 0. The Labute approximate surface area is 151 Å². The summed E-state index contributed by atoms with van der Waals surface area (Å²) in [5.74, 6) is 3.91. The molecule has 3 saturated carbocycles. The summed E-state index contributed by atoms with van der Waals surface area (Å²) in [6, 6.07) is 0. The minimum atomic E-state index is -0.188. The Hall–Kier alpha value is -1.12. The monoisotopic (exact) mass is 341 g/mol. The first kappa shape index (κ1) is 16.1. The molecule has 1 aliphatic heterocycles. The van der Waals surface area contributed by atoms with E-state index >= 15 is 0 Å². The Bertz CT molecular complexity index is 665. The predicted octanol–water partition coefficient (Wildman–Crippen LogP) is 4.91. The van der Waals surface area contributed by atoms with Gasteiger partial charge in [-0.1, -0.05) is 32.8 Å². The Morgan fingerprint density at radius 1 is 1.08 bits per heavy atom. The van der Waals surface area contributed by atoms with E-state index < -0.39 is 0 Å². The van der Waals surface area contributed by atoms with Crippen LogP contribution in [-0.2, 0) is 9.53 Å². The average Bonchev–Trinajstić information content (AvgIpc) is 3.16. The zero-order chi connectivity index (χ0) is 17.2. The average molecular weight is 341 g/mol. The lowest BCUT2D eigenvalue weighted by Gasteiger charge is -2.60. The van der Waals surface area contributed by atoms with Crippen LogP contribution < -0.4 is 0 Å². The second kappa shape index (κ2) is 5.44. The van der Waals surface area contributed by atoms with Gasteiger partial charge in [-0.05, 0) is 74.0 Å². The van der Waals surface area contributed by atoms with Gasteiger partial charge in [0.15, 0.2) is 0 Å². The molecule has 0 saturated heterocycles. The lowest BCUT2D eigenvalue weighted by molar-refractivity contribution is -0.132. The normalized spacial score (nSPS) is 48.8. The van der Waals surface area contributed by atoms with Gasteiger partial charge < -0.3 is 4.74 Å². The highest BCUT2D eigenvalue weighted by molar-refractivity contribution is 6.05. The molecule has 0 unspecified atom stereocenters. The summed E-state index contributed by atoms with van der Waals surface area (Å²) in [6.45, 7) is 5.26. The van der Waals surface area contributed by atoms with Gasteiger partial charge in [-0.15, -0.1) is 0 Å². The first-order valence-corrected chi connectivity index (χ1v) is 10.5. The largest absolute Gasteiger partial charge is 0.406 e. The molecule has 3 fully saturated rings. The number of carbonyl (C=O) groups is 1. The van der Waals surface area contributed by atoms with Crippen molar-refractivity contribution in [2.45, 2.75) is 71.6 Å². The molecule has 0 N–H and O–H groups in total. The highest BCUT2D eigenvalue weighted by Crippen LogP contribution is 2.66. The molecule has 0 bridgehead atoms. The van der Waals surface area contributed by atoms with Crippen LogP contribution in [0.5, 0.6) is 0 Å². The fourth-order valence-electron chi connectivity index (χ4n) is 7.64. The fourth-order valence-corrected chi connectivity index (χ4v) is 7.64. The lowest BCUT2D eigenvalue weighted by Crippen LogP contribution is -2.52. The molecule has 136 valence electrons. The summed E-state index contributed by atoms with van der Waals surface area (Å²) in [5, 5.41) is 0. The molecule has 0 radical (unpaired) electrons. The smallest absolute Gasteiger partial charge is 0.334 e. The number of fused-ring (bicyclic) bond motifs is 5. The van der Waals surface area contributed by atoms with E-state index in [2.05, 4.69) is 24.9 Å². The van der Waals surface area contributed by atoms with Crippen LogP contribution in [0.3, 0.4) is 0 Å². The lowest BCUT2D eigenvalue weighted by atomic mass is 9.45. The summed E-state index contributed by atoms with van der Waals surface area (Å²) in [4.78, 5) is 15.9. The van der Waals surface area contributed by atoms with E-state index in [9.17, 15) is 4.79 Å². The van der Waals surface area contributed by atoms with E-state index in [1.807, 2.05) is 0 Å². The van der Waals surface area contributed by atoms with Gasteiger partial charge in [-0.25, -0.2) is 9.79 Å². The Morgan fingerprint density at radius 3 is 2.76 bits per heavy atom. The predicted molar refractivity (Wildman–Crippen MR) is 98.2 cm³/mol. The van der Waals surface area contributed by atoms with Gasteiger partial charge in [-0.2, -0.15) is 0 Å². The number of rotatable bonds is 1. The molecular weight excluding hydrogens is 310 g/mol. The van der Waals surface area contributed by atoms with Crippen molar-refractivity contribution in [2.75, 3.05) is 6.54 Å². The maximum Gasteiger partial charge on any atom is 0.334 e. The van der Waals surface area contributed by atoms with Crippen LogP contribution in [0, 0.1) is 34.5 Å². The van der Waals surface area contributed by atoms with Gasteiger partial charge in [0.2, 0.25) is 5.90 Å². The molecule has 5 aliphatic rings. The minimum absolute atomic E-state index is 0.169. The SMILES string of the molecule is C[C@]12CCCC[C@@H]1CC[C@@H]1[C@@H]2CC[C@]2(C)C(C3=NCC(=O)O3)=CC[C@@H]12. The summed E-state index contributed by atoms with van der Waals surface area (Å²) < 4.78 is 5.44. The van der Waals surface area contributed by atoms with E-state index in [1.54, 1.807) is 0 Å². The molecule has 0 spiro atoms. The number of ether oxygens (including phenoxy) is 1. The van der Waals surface area contributed by atoms with Crippen molar-refractivity contribution in [2.24, 2.45) is 39.5 Å². The van der Waals surface area contributed by atoms with Crippen LogP contribution in [0.1, 0.15) is 71.6 Å². The van der Waals surface area contributed by atoms with Gasteiger partial charge in [-0.3, -0.25) is 0 Å². The highest BCUT2D eigenvalue weighted by Gasteiger charge is 2.58. The van der Waals surface area contributed by atoms with E-state index in [0.29, 0.717) is 11.3 Å². The molecule has 0 aromatic rings. The molecule has 0 amide bonds. The van der Waals surface area contributed by atoms with Gasteiger partial charge >= 0.3 is 5.97 Å². The molecule has 3 heteroatoms. The van der Waals surface area contributed by atoms with E-state index in [4.69, 9.17) is 4.74 Å². The molecule has 3 nitrogen and oxygen atoms in total. The fraction of sp³-hybridized carbons (Fsp3) is 0.818. The Morgan fingerprint density at radius 2 is 1.96 bits per heavy atom. The van der Waals surface area contributed by atoms with Crippen molar-refractivity contribution in [1.82, 2.24) is 0 Å². The van der Waals surface area contributed by atoms with Gasteiger partial charge in [0.25, 0.3) is 0 Å². The number of nitrogens with zero attached hydrogens (tertiary/aromatic N) is 1. The van der Waals surface area contributed by atoms with E-state index in [1.165, 1.54) is 56.9 Å². The number of aliphatic imine (C=N–C) groups is 1. The Balaban J connectivity index is 1.43. The van der Waals surface area contributed by atoms with Crippen molar-refractivity contribution >= 4 is 11.9 Å². The molecule has 1 heterocycles. The van der Waals surface area contributed by atoms with Crippen LogP contribution in [0.4, 0.5) is 0 Å². The van der Waals surface area contributed by atoms with Crippen molar-refractivity contribution in [3.63, 3.8) is 0 Å². The second-order valence-electron chi connectivity index (χ2n) is 9.81. The molecular formula is C22H31NO2. The van der Waals surface area contributed by atoms with Crippen molar-refractivity contribution < 1.29 is 9.53 Å². The second-order valence-corrected chi connectivity index (χ2v) is 9.81. The molecule has 0 aromatic carbocycles. The standard InChI is InChI=1S/C22H31NO2/c1-21-11-4-3-5-14(21)6-7-15-16-8-9-18(20-23-13-19(24)25-20)22(16,2)12-10-17(15)21/h9,14-17H,3-8,10-13H2,1-2H3/t14-,15+,16+,17+,21+,22+/m1/s1. The number of carbonyl (C=O) groups excluding carboxylic acids is 1. The molecule has 0 aromatic heterocycles. The first-order valence-electron chi connectivity index (χ1n) is 10.5. The van der Waals surface area contributed by atoms with Crippen LogP contribution in [0.25, 0.3) is 0 Å². The van der Waals surface area contributed by atoms with Gasteiger partial charge in [0, 0.05) is 11.0 Å². The first-order chi connectivity index (χ1) is 12.0. The zero-order valence-electron chi connectivity index (χ0n) is 15.7. The molecule has 4 aliphatic carbocycles. The van der Waals surface area contributed by atoms with Crippen molar-refractivity contribution in [1.29, 1.82) is 0 Å². The number of cyclic esters (lactones) is 1. The van der Waals surface area contributed by atoms with Crippen LogP contribution in [0.15, 0.2) is 16.6 Å².